The minimum absolute atomic E-state index is 0.430. The Morgan fingerprint density at radius 2 is 2.25 bits per heavy atom. The first-order chi connectivity index (χ1) is 5.75. The van der Waals surface area contributed by atoms with Gasteiger partial charge in [0.1, 0.15) is 5.75 Å². The van der Waals surface area contributed by atoms with Crippen LogP contribution in [0.1, 0.15) is 17.5 Å². The van der Waals surface area contributed by atoms with E-state index in [4.69, 9.17) is 0 Å². The van der Waals surface area contributed by atoms with Crippen molar-refractivity contribution in [1.82, 2.24) is 0 Å². The molecule has 0 radical (unpaired) electrons. The van der Waals surface area contributed by atoms with E-state index in [9.17, 15) is 5.11 Å². The number of hydrogen-bond donors (Lipinski definition) is 1. The molecule has 1 rings (SSSR count). The van der Waals surface area contributed by atoms with Gasteiger partial charge in [0.2, 0.25) is 0 Å². The minimum atomic E-state index is 0.430. The summed E-state index contributed by atoms with van der Waals surface area (Å²) >= 11 is 0. The minimum Gasteiger partial charge on any atom is -0.507 e. The van der Waals surface area contributed by atoms with Crippen molar-refractivity contribution >= 4 is 0 Å². The van der Waals surface area contributed by atoms with Crippen LogP contribution in [-0.4, -0.2) is 5.11 Å². The molecule has 0 heterocycles. The van der Waals surface area contributed by atoms with Crippen LogP contribution in [0.3, 0.4) is 0 Å². The molecule has 0 aliphatic heterocycles. The molecular weight excluding hydrogens is 148 g/mol. The van der Waals surface area contributed by atoms with Crippen LogP contribution in [0, 0.1) is 6.92 Å². The number of phenols is 1. The number of aryl methyl sites for hydroxylation is 2. The van der Waals surface area contributed by atoms with E-state index in [2.05, 4.69) is 6.58 Å². The van der Waals surface area contributed by atoms with Gasteiger partial charge < -0.3 is 5.11 Å². The first-order valence-electron chi connectivity index (χ1n) is 4.14. The van der Waals surface area contributed by atoms with Crippen LogP contribution >= 0.6 is 0 Å². The van der Waals surface area contributed by atoms with E-state index in [-0.39, 0.29) is 0 Å². The van der Waals surface area contributed by atoms with E-state index in [1.165, 1.54) is 0 Å². The Bertz CT molecular complexity index is 276. The molecule has 0 aliphatic carbocycles. The van der Waals surface area contributed by atoms with Gasteiger partial charge in [-0.2, -0.15) is 0 Å². The van der Waals surface area contributed by atoms with Gasteiger partial charge in [-0.25, -0.2) is 0 Å². The zero-order valence-corrected chi connectivity index (χ0v) is 7.38. The molecule has 1 aromatic carbocycles. The molecule has 0 spiro atoms. The van der Waals surface area contributed by atoms with Crippen LogP contribution in [0.5, 0.6) is 5.75 Å². The molecular formula is C11H14O. The highest BCUT2D eigenvalue weighted by Crippen LogP contribution is 2.22. The molecule has 0 fully saturated rings. The molecule has 0 saturated heterocycles. The zero-order chi connectivity index (χ0) is 8.97. The van der Waals surface area contributed by atoms with E-state index in [1.807, 2.05) is 31.2 Å². The van der Waals surface area contributed by atoms with Gasteiger partial charge in [0.25, 0.3) is 0 Å². The maximum atomic E-state index is 9.59. The van der Waals surface area contributed by atoms with E-state index in [1.54, 1.807) is 0 Å². The van der Waals surface area contributed by atoms with Crippen molar-refractivity contribution in [1.29, 1.82) is 0 Å². The van der Waals surface area contributed by atoms with Crippen molar-refractivity contribution in [2.45, 2.75) is 19.8 Å². The fourth-order valence-corrected chi connectivity index (χ4v) is 1.18. The van der Waals surface area contributed by atoms with Gasteiger partial charge in [0, 0.05) is 0 Å². The van der Waals surface area contributed by atoms with Gasteiger partial charge in [-0.15, -0.1) is 6.58 Å². The summed E-state index contributed by atoms with van der Waals surface area (Å²) in [6, 6.07) is 5.83. The first kappa shape index (κ1) is 8.85. The number of rotatable bonds is 3. The third-order valence-electron chi connectivity index (χ3n) is 1.94. The van der Waals surface area contributed by atoms with E-state index < -0.39 is 0 Å². The van der Waals surface area contributed by atoms with Crippen molar-refractivity contribution in [2.24, 2.45) is 0 Å². The Hall–Kier alpha value is -1.24. The molecule has 0 amide bonds. The molecule has 1 aromatic rings. The Labute approximate surface area is 73.4 Å². The van der Waals surface area contributed by atoms with Crippen LogP contribution in [0.4, 0.5) is 0 Å². The van der Waals surface area contributed by atoms with Crippen molar-refractivity contribution in [3.05, 3.63) is 42.0 Å². The van der Waals surface area contributed by atoms with E-state index in [0.717, 1.165) is 24.0 Å². The highest BCUT2D eigenvalue weighted by Gasteiger charge is 2.01. The number of hydrogen-bond acceptors (Lipinski definition) is 1. The molecule has 1 heteroatoms. The summed E-state index contributed by atoms with van der Waals surface area (Å²) in [4.78, 5) is 0. The summed E-state index contributed by atoms with van der Waals surface area (Å²) in [7, 11) is 0. The lowest BCUT2D eigenvalue weighted by molar-refractivity contribution is 0.464. The molecule has 0 aromatic heterocycles. The standard InChI is InChI=1S/C11H14O/c1-3-4-7-10-8-5-6-9(2)11(10)12/h3,5-6,8,12H,1,4,7H2,2H3. The van der Waals surface area contributed by atoms with Gasteiger partial charge in [-0.05, 0) is 30.9 Å². The first-order valence-corrected chi connectivity index (χ1v) is 4.14. The van der Waals surface area contributed by atoms with Crippen LogP contribution in [0.2, 0.25) is 0 Å². The fourth-order valence-electron chi connectivity index (χ4n) is 1.18. The van der Waals surface area contributed by atoms with Crippen molar-refractivity contribution in [3.8, 4) is 5.75 Å². The van der Waals surface area contributed by atoms with E-state index >= 15 is 0 Å². The number of aromatic hydroxyl groups is 1. The summed E-state index contributed by atoms with van der Waals surface area (Å²) in [5.41, 5.74) is 1.95. The molecule has 0 saturated carbocycles. The average molecular weight is 162 g/mol. The second-order valence-electron chi connectivity index (χ2n) is 2.91. The van der Waals surface area contributed by atoms with Gasteiger partial charge in [0.05, 0.1) is 0 Å². The van der Waals surface area contributed by atoms with Crippen LogP contribution in [0.15, 0.2) is 30.9 Å². The van der Waals surface area contributed by atoms with Crippen molar-refractivity contribution in [3.63, 3.8) is 0 Å². The molecule has 0 aliphatic rings. The van der Waals surface area contributed by atoms with Gasteiger partial charge in [-0.1, -0.05) is 24.3 Å². The SMILES string of the molecule is C=CCCc1cccc(C)c1O. The largest absolute Gasteiger partial charge is 0.507 e. The van der Waals surface area contributed by atoms with Crippen LogP contribution in [0.25, 0.3) is 0 Å². The summed E-state index contributed by atoms with van der Waals surface area (Å²) < 4.78 is 0. The lowest BCUT2D eigenvalue weighted by Crippen LogP contribution is -1.86. The maximum absolute atomic E-state index is 9.59. The van der Waals surface area contributed by atoms with Gasteiger partial charge in [0.15, 0.2) is 0 Å². The van der Waals surface area contributed by atoms with E-state index in [0.29, 0.717) is 5.75 Å². The average Bonchev–Trinajstić information content (AvgIpc) is 2.08. The zero-order valence-electron chi connectivity index (χ0n) is 7.38. The highest BCUT2D eigenvalue weighted by molar-refractivity contribution is 5.39. The molecule has 1 nitrogen and oxygen atoms in total. The Morgan fingerprint density at radius 1 is 1.50 bits per heavy atom. The van der Waals surface area contributed by atoms with Crippen molar-refractivity contribution in [2.75, 3.05) is 0 Å². The maximum Gasteiger partial charge on any atom is 0.121 e. The topological polar surface area (TPSA) is 20.2 Å². The Kier molecular flexibility index (Phi) is 2.92. The number of para-hydroxylation sites is 1. The van der Waals surface area contributed by atoms with Gasteiger partial charge >= 0.3 is 0 Å². The normalized spacial score (nSPS) is 9.75. The lowest BCUT2D eigenvalue weighted by Gasteiger charge is -2.04. The monoisotopic (exact) mass is 162 g/mol. The second-order valence-corrected chi connectivity index (χ2v) is 2.91. The summed E-state index contributed by atoms with van der Waals surface area (Å²) in [6.45, 7) is 5.56. The summed E-state index contributed by atoms with van der Waals surface area (Å²) in [5, 5.41) is 9.59. The quantitative estimate of drug-likeness (QED) is 0.677. The lowest BCUT2D eigenvalue weighted by atomic mass is 10.1. The second kappa shape index (κ2) is 3.96. The number of allylic oxidation sites excluding steroid dienone is 1. The highest BCUT2D eigenvalue weighted by atomic mass is 16.3. The summed E-state index contributed by atoms with van der Waals surface area (Å²) in [5.74, 6) is 0.430. The third kappa shape index (κ3) is 1.88. The molecule has 0 unspecified atom stereocenters. The fraction of sp³-hybridized carbons (Fsp3) is 0.273. The molecule has 64 valence electrons. The molecule has 1 N–H and O–H groups in total. The predicted molar refractivity (Wildman–Crippen MR) is 51.4 cm³/mol. The Morgan fingerprint density at radius 3 is 2.92 bits per heavy atom. The Balaban J connectivity index is 2.84. The summed E-state index contributed by atoms with van der Waals surface area (Å²) in [6.07, 6.45) is 3.65. The van der Waals surface area contributed by atoms with Crippen molar-refractivity contribution < 1.29 is 5.11 Å². The number of phenolic OH excluding ortho intramolecular Hbond substituents is 1. The molecule has 0 atom stereocenters. The molecule has 0 bridgehead atoms. The third-order valence-corrected chi connectivity index (χ3v) is 1.94. The van der Waals surface area contributed by atoms with Crippen LogP contribution < -0.4 is 0 Å². The smallest absolute Gasteiger partial charge is 0.121 e. The van der Waals surface area contributed by atoms with Gasteiger partial charge in [-0.3, -0.25) is 0 Å². The predicted octanol–water partition coefficient (Wildman–Crippen LogP) is 2.82. The molecule has 12 heavy (non-hydrogen) atoms. The van der Waals surface area contributed by atoms with Crippen LogP contribution in [-0.2, 0) is 6.42 Å². The number of benzene rings is 1.